The molecular formula is C8H12O2. The fourth-order valence-corrected chi connectivity index (χ4v) is 2.54. The molecule has 2 aliphatic carbocycles. The van der Waals surface area contributed by atoms with E-state index in [1.807, 2.05) is 0 Å². The van der Waals surface area contributed by atoms with Gasteiger partial charge in [-0.05, 0) is 24.2 Å². The molecule has 0 amide bonds. The zero-order chi connectivity index (χ0) is 7.30. The molecular weight excluding hydrogens is 128 g/mol. The van der Waals surface area contributed by atoms with Gasteiger partial charge in [0.15, 0.2) is 0 Å². The van der Waals surface area contributed by atoms with Crippen molar-refractivity contribution in [2.45, 2.75) is 19.8 Å². The van der Waals surface area contributed by atoms with Crippen molar-refractivity contribution in [3.63, 3.8) is 0 Å². The van der Waals surface area contributed by atoms with Gasteiger partial charge in [0.05, 0.1) is 5.92 Å². The van der Waals surface area contributed by atoms with Gasteiger partial charge in [-0.2, -0.15) is 0 Å². The SMILES string of the molecule is CC1CCC2C(C(=O)O)[C@H]12. The highest BCUT2D eigenvalue weighted by molar-refractivity contribution is 5.74. The summed E-state index contributed by atoms with van der Waals surface area (Å²) in [4.78, 5) is 10.5. The number of carbonyl (C=O) groups is 1. The maximum atomic E-state index is 10.5. The number of hydrogen-bond donors (Lipinski definition) is 1. The number of hydrogen-bond acceptors (Lipinski definition) is 1. The van der Waals surface area contributed by atoms with Crippen molar-refractivity contribution >= 4 is 5.97 Å². The van der Waals surface area contributed by atoms with Gasteiger partial charge in [0, 0.05) is 0 Å². The third-order valence-corrected chi connectivity index (χ3v) is 3.13. The van der Waals surface area contributed by atoms with E-state index in [1.165, 1.54) is 6.42 Å². The van der Waals surface area contributed by atoms with Crippen LogP contribution in [0.3, 0.4) is 0 Å². The lowest BCUT2D eigenvalue weighted by Gasteiger charge is -2.03. The second-order valence-electron chi connectivity index (χ2n) is 3.66. The van der Waals surface area contributed by atoms with Crippen LogP contribution < -0.4 is 0 Å². The van der Waals surface area contributed by atoms with E-state index in [2.05, 4.69) is 6.92 Å². The quantitative estimate of drug-likeness (QED) is 0.597. The highest BCUT2D eigenvalue weighted by Crippen LogP contribution is 2.60. The van der Waals surface area contributed by atoms with E-state index >= 15 is 0 Å². The standard InChI is InChI=1S/C8H12O2/c1-4-2-3-5-6(4)7(5)8(9)10/h4-7H,2-3H2,1H3,(H,9,10)/t4?,5?,6-,7?/m1/s1. The Balaban J connectivity index is 2.05. The maximum Gasteiger partial charge on any atom is 0.307 e. The highest BCUT2D eigenvalue weighted by atomic mass is 16.4. The molecule has 0 aromatic carbocycles. The van der Waals surface area contributed by atoms with Gasteiger partial charge in [-0.1, -0.05) is 13.3 Å². The first kappa shape index (κ1) is 6.20. The topological polar surface area (TPSA) is 37.3 Å². The Labute approximate surface area is 60.2 Å². The van der Waals surface area contributed by atoms with E-state index in [0.29, 0.717) is 17.8 Å². The first-order chi connectivity index (χ1) is 4.72. The Hall–Kier alpha value is -0.530. The van der Waals surface area contributed by atoms with Gasteiger partial charge in [-0.25, -0.2) is 0 Å². The molecule has 2 aliphatic rings. The van der Waals surface area contributed by atoms with Crippen LogP contribution in [0, 0.1) is 23.7 Å². The molecule has 3 unspecified atom stereocenters. The Kier molecular flexibility index (Phi) is 1.08. The Morgan fingerprint density at radius 1 is 1.50 bits per heavy atom. The summed E-state index contributed by atoms with van der Waals surface area (Å²) in [5.74, 6) is 1.22. The smallest absolute Gasteiger partial charge is 0.307 e. The van der Waals surface area contributed by atoms with E-state index in [4.69, 9.17) is 5.11 Å². The van der Waals surface area contributed by atoms with E-state index in [1.54, 1.807) is 0 Å². The number of carboxylic acids is 1. The van der Waals surface area contributed by atoms with Crippen LogP contribution in [-0.4, -0.2) is 11.1 Å². The van der Waals surface area contributed by atoms with Crippen LogP contribution in [0.25, 0.3) is 0 Å². The van der Waals surface area contributed by atoms with Gasteiger partial charge in [0.1, 0.15) is 0 Å². The van der Waals surface area contributed by atoms with Crippen molar-refractivity contribution < 1.29 is 9.90 Å². The molecule has 2 saturated carbocycles. The summed E-state index contributed by atoms with van der Waals surface area (Å²) in [5.41, 5.74) is 0. The van der Waals surface area contributed by atoms with Gasteiger partial charge in [0.25, 0.3) is 0 Å². The van der Waals surface area contributed by atoms with E-state index < -0.39 is 5.97 Å². The molecule has 56 valence electrons. The summed E-state index contributed by atoms with van der Waals surface area (Å²) in [6.45, 7) is 2.17. The maximum absolute atomic E-state index is 10.5. The normalized spacial score (nSPS) is 50.5. The summed E-state index contributed by atoms with van der Waals surface area (Å²) < 4.78 is 0. The third kappa shape index (κ3) is 0.619. The Bertz CT molecular complexity index is 176. The van der Waals surface area contributed by atoms with Gasteiger partial charge in [0.2, 0.25) is 0 Å². The van der Waals surface area contributed by atoms with Gasteiger partial charge in [-0.15, -0.1) is 0 Å². The van der Waals surface area contributed by atoms with Crippen molar-refractivity contribution in [2.24, 2.45) is 23.7 Å². The summed E-state index contributed by atoms with van der Waals surface area (Å²) in [7, 11) is 0. The van der Waals surface area contributed by atoms with Crippen molar-refractivity contribution in [3.8, 4) is 0 Å². The number of rotatable bonds is 1. The van der Waals surface area contributed by atoms with Crippen LogP contribution in [0.5, 0.6) is 0 Å². The summed E-state index contributed by atoms with van der Waals surface area (Å²) in [6, 6.07) is 0. The lowest BCUT2D eigenvalue weighted by atomic mass is 10.0. The van der Waals surface area contributed by atoms with Crippen LogP contribution in [0.1, 0.15) is 19.8 Å². The van der Waals surface area contributed by atoms with Gasteiger partial charge in [-0.3, -0.25) is 4.79 Å². The fraction of sp³-hybridized carbons (Fsp3) is 0.875. The van der Waals surface area contributed by atoms with Gasteiger partial charge >= 0.3 is 5.97 Å². The summed E-state index contributed by atoms with van der Waals surface area (Å²) in [5, 5.41) is 8.68. The molecule has 0 spiro atoms. The summed E-state index contributed by atoms with van der Waals surface area (Å²) >= 11 is 0. The molecule has 10 heavy (non-hydrogen) atoms. The minimum atomic E-state index is -0.568. The van der Waals surface area contributed by atoms with Crippen LogP contribution in [0.15, 0.2) is 0 Å². The minimum Gasteiger partial charge on any atom is -0.481 e. The lowest BCUT2D eigenvalue weighted by molar-refractivity contribution is -0.139. The number of carboxylic acid groups (broad SMARTS) is 1. The fourth-order valence-electron chi connectivity index (χ4n) is 2.54. The average Bonchev–Trinajstić information content (AvgIpc) is 2.48. The first-order valence-corrected chi connectivity index (χ1v) is 3.94. The van der Waals surface area contributed by atoms with Crippen LogP contribution >= 0.6 is 0 Å². The van der Waals surface area contributed by atoms with Crippen molar-refractivity contribution in [3.05, 3.63) is 0 Å². The van der Waals surface area contributed by atoms with Crippen LogP contribution in [0.2, 0.25) is 0 Å². The monoisotopic (exact) mass is 140 g/mol. The predicted molar refractivity (Wildman–Crippen MR) is 36.5 cm³/mol. The highest BCUT2D eigenvalue weighted by Gasteiger charge is 2.60. The second-order valence-corrected chi connectivity index (χ2v) is 3.66. The van der Waals surface area contributed by atoms with E-state index in [-0.39, 0.29) is 5.92 Å². The minimum absolute atomic E-state index is 0.0312. The van der Waals surface area contributed by atoms with Crippen LogP contribution in [-0.2, 0) is 4.79 Å². The molecule has 0 radical (unpaired) electrons. The number of fused-ring (bicyclic) bond motifs is 1. The number of aliphatic carboxylic acids is 1. The van der Waals surface area contributed by atoms with Crippen LogP contribution in [0.4, 0.5) is 0 Å². The largest absolute Gasteiger partial charge is 0.481 e. The predicted octanol–water partition coefficient (Wildman–Crippen LogP) is 1.36. The average molecular weight is 140 g/mol. The molecule has 0 saturated heterocycles. The first-order valence-electron chi connectivity index (χ1n) is 3.94. The van der Waals surface area contributed by atoms with Crippen molar-refractivity contribution in [1.82, 2.24) is 0 Å². The molecule has 2 fully saturated rings. The third-order valence-electron chi connectivity index (χ3n) is 3.13. The van der Waals surface area contributed by atoms with Gasteiger partial charge < -0.3 is 5.11 Å². The molecule has 2 heteroatoms. The molecule has 0 heterocycles. The van der Waals surface area contributed by atoms with E-state index in [9.17, 15) is 4.79 Å². The molecule has 0 aliphatic heterocycles. The molecule has 1 N–H and O–H groups in total. The van der Waals surface area contributed by atoms with E-state index in [0.717, 1.165) is 6.42 Å². The second kappa shape index (κ2) is 1.74. The molecule has 0 bridgehead atoms. The molecule has 2 nitrogen and oxygen atoms in total. The molecule has 4 atom stereocenters. The lowest BCUT2D eigenvalue weighted by Crippen LogP contribution is -2.06. The van der Waals surface area contributed by atoms with Crippen molar-refractivity contribution in [2.75, 3.05) is 0 Å². The zero-order valence-corrected chi connectivity index (χ0v) is 6.08. The van der Waals surface area contributed by atoms with Crippen molar-refractivity contribution in [1.29, 1.82) is 0 Å². The molecule has 2 rings (SSSR count). The Morgan fingerprint density at radius 3 is 2.50 bits per heavy atom. The molecule has 0 aromatic rings. The zero-order valence-electron chi connectivity index (χ0n) is 6.08. The Morgan fingerprint density at radius 2 is 2.20 bits per heavy atom. The summed E-state index contributed by atoms with van der Waals surface area (Å²) in [6.07, 6.45) is 2.40. The molecule has 0 aromatic heterocycles.